The summed E-state index contributed by atoms with van der Waals surface area (Å²) in [6.45, 7) is 1.95. The van der Waals surface area contributed by atoms with E-state index in [-0.39, 0.29) is 5.91 Å². The Bertz CT molecular complexity index is 682. The molecule has 1 amide bonds. The number of aryl methyl sites for hydroxylation is 2. The van der Waals surface area contributed by atoms with Gasteiger partial charge in [0.15, 0.2) is 0 Å². The molecule has 102 valence electrons. The molecule has 0 unspecified atom stereocenters. The van der Waals surface area contributed by atoms with Crippen LogP contribution >= 0.6 is 0 Å². The Hall–Kier alpha value is -2.56. The molecule has 5 heteroatoms. The fraction of sp³-hybridized carbons (Fsp3) is 0.200. The minimum Gasteiger partial charge on any atom is -0.397 e. The molecule has 0 bridgehead atoms. The number of nitrogen functional groups attached to an aromatic ring is 1. The smallest absolute Gasteiger partial charge is 0.224 e. The molecule has 0 atom stereocenters. The van der Waals surface area contributed by atoms with Gasteiger partial charge in [-0.05, 0) is 48.7 Å². The number of pyridine rings is 1. The second kappa shape index (κ2) is 4.85. The normalized spacial score (nSPS) is 13.6. The Labute approximate surface area is 117 Å². The summed E-state index contributed by atoms with van der Waals surface area (Å²) < 4.78 is 0. The van der Waals surface area contributed by atoms with E-state index in [9.17, 15) is 4.79 Å². The molecule has 20 heavy (non-hydrogen) atoms. The van der Waals surface area contributed by atoms with Gasteiger partial charge in [-0.25, -0.2) is 4.98 Å². The Morgan fingerprint density at radius 2 is 2.15 bits per heavy atom. The molecule has 1 aromatic heterocycles. The van der Waals surface area contributed by atoms with E-state index < -0.39 is 0 Å². The highest BCUT2D eigenvalue weighted by Crippen LogP contribution is 2.27. The quantitative estimate of drug-likeness (QED) is 0.782. The molecule has 0 aliphatic carbocycles. The summed E-state index contributed by atoms with van der Waals surface area (Å²) in [6, 6.07) is 7.80. The molecule has 0 spiro atoms. The van der Waals surface area contributed by atoms with Crippen LogP contribution in [0.5, 0.6) is 0 Å². The third kappa shape index (κ3) is 2.42. The number of hydrogen-bond donors (Lipinski definition) is 3. The van der Waals surface area contributed by atoms with Crippen LogP contribution in [-0.2, 0) is 11.2 Å². The molecule has 2 aromatic rings. The molecular weight excluding hydrogens is 252 g/mol. The fourth-order valence-corrected chi connectivity index (χ4v) is 2.24. The zero-order valence-electron chi connectivity index (χ0n) is 11.2. The van der Waals surface area contributed by atoms with E-state index in [4.69, 9.17) is 5.73 Å². The molecule has 0 saturated carbocycles. The average Bonchev–Trinajstić information content (AvgIpc) is 2.43. The number of nitrogens with one attached hydrogen (secondary N) is 2. The Kier molecular flexibility index (Phi) is 3.02. The summed E-state index contributed by atoms with van der Waals surface area (Å²) in [5.74, 6) is 0.838. The summed E-state index contributed by atoms with van der Waals surface area (Å²) in [5, 5.41) is 6.12. The lowest BCUT2D eigenvalue weighted by Gasteiger charge is -2.18. The van der Waals surface area contributed by atoms with Crippen molar-refractivity contribution < 1.29 is 4.79 Å². The lowest BCUT2D eigenvalue weighted by Crippen LogP contribution is -2.18. The molecule has 0 saturated heterocycles. The first-order chi connectivity index (χ1) is 9.61. The van der Waals surface area contributed by atoms with Crippen molar-refractivity contribution in [2.45, 2.75) is 19.8 Å². The van der Waals surface area contributed by atoms with Crippen LogP contribution < -0.4 is 16.4 Å². The molecule has 0 fully saturated rings. The Morgan fingerprint density at radius 1 is 1.30 bits per heavy atom. The van der Waals surface area contributed by atoms with Gasteiger partial charge >= 0.3 is 0 Å². The number of nitrogens with zero attached hydrogens (tertiary/aromatic N) is 1. The number of nitrogens with two attached hydrogens (primary N) is 1. The molecule has 4 N–H and O–H groups in total. The zero-order valence-corrected chi connectivity index (χ0v) is 11.2. The van der Waals surface area contributed by atoms with Crippen LogP contribution in [0.4, 0.5) is 22.9 Å². The second-order valence-corrected chi connectivity index (χ2v) is 4.97. The maximum atomic E-state index is 11.3. The van der Waals surface area contributed by atoms with Crippen LogP contribution in [0.15, 0.2) is 30.5 Å². The van der Waals surface area contributed by atoms with Gasteiger partial charge in [0.25, 0.3) is 0 Å². The Morgan fingerprint density at radius 3 is 2.95 bits per heavy atom. The monoisotopic (exact) mass is 268 g/mol. The van der Waals surface area contributed by atoms with Crippen molar-refractivity contribution in [3.8, 4) is 0 Å². The van der Waals surface area contributed by atoms with Gasteiger partial charge in [-0.3, -0.25) is 4.79 Å². The topological polar surface area (TPSA) is 80.0 Å². The van der Waals surface area contributed by atoms with Gasteiger partial charge in [-0.15, -0.1) is 0 Å². The molecule has 1 aromatic carbocycles. The molecule has 1 aliphatic rings. The number of amides is 1. The largest absolute Gasteiger partial charge is 0.397 e. The van der Waals surface area contributed by atoms with Gasteiger partial charge in [-0.2, -0.15) is 0 Å². The molecule has 2 heterocycles. The number of anilines is 4. The SMILES string of the molecule is Cc1cc(Nc2ccc3c(c2)CCC(=O)N3)ncc1N. The minimum atomic E-state index is 0.0778. The molecule has 3 rings (SSSR count). The number of carbonyl (C=O) groups is 1. The van der Waals surface area contributed by atoms with Gasteiger partial charge in [0.05, 0.1) is 11.9 Å². The number of hydrogen-bond acceptors (Lipinski definition) is 4. The maximum absolute atomic E-state index is 11.3. The third-order valence-electron chi connectivity index (χ3n) is 3.42. The van der Waals surface area contributed by atoms with E-state index in [0.29, 0.717) is 12.1 Å². The number of rotatable bonds is 2. The standard InChI is InChI=1S/C15H16N4O/c1-9-6-14(17-8-12(9)16)18-11-3-4-13-10(7-11)2-5-15(20)19-13/h3-4,6-8H,2,5,16H2,1H3,(H,17,18)(H,19,20). The molecule has 5 nitrogen and oxygen atoms in total. The van der Waals surface area contributed by atoms with Crippen LogP contribution in [-0.4, -0.2) is 10.9 Å². The van der Waals surface area contributed by atoms with Gasteiger partial charge < -0.3 is 16.4 Å². The van der Waals surface area contributed by atoms with Crippen molar-refractivity contribution in [3.05, 3.63) is 41.6 Å². The Balaban J connectivity index is 1.84. The maximum Gasteiger partial charge on any atom is 0.224 e. The van der Waals surface area contributed by atoms with Crippen LogP contribution in [0.2, 0.25) is 0 Å². The average molecular weight is 268 g/mol. The van der Waals surface area contributed by atoms with Crippen molar-refractivity contribution in [2.75, 3.05) is 16.4 Å². The number of benzene rings is 1. The summed E-state index contributed by atoms with van der Waals surface area (Å²) in [6.07, 6.45) is 2.96. The fourth-order valence-electron chi connectivity index (χ4n) is 2.24. The predicted molar refractivity (Wildman–Crippen MR) is 80.1 cm³/mol. The van der Waals surface area contributed by atoms with Crippen LogP contribution in [0, 0.1) is 6.92 Å². The highest BCUT2D eigenvalue weighted by molar-refractivity contribution is 5.94. The van der Waals surface area contributed by atoms with E-state index >= 15 is 0 Å². The van der Waals surface area contributed by atoms with Crippen molar-refractivity contribution >= 4 is 28.8 Å². The van der Waals surface area contributed by atoms with Crippen molar-refractivity contribution in [2.24, 2.45) is 0 Å². The molecule has 1 aliphatic heterocycles. The number of aromatic nitrogens is 1. The predicted octanol–water partition coefficient (Wildman–Crippen LogP) is 2.60. The second-order valence-electron chi connectivity index (χ2n) is 4.97. The lowest BCUT2D eigenvalue weighted by molar-refractivity contribution is -0.116. The first kappa shape index (κ1) is 12.5. The van der Waals surface area contributed by atoms with E-state index in [1.54, 1.807) is 6.20 Å². The van der Waals surface area contributed by atoms with Gasteiger partial charge in [0, 0.05) is 17.8 Å². The number of fused-ring (bicyclic) bond motifs is 1. The van der Waals surface area contributed by atoms with E-state index in [1.807, 2.05) is 31.2 Å². The minimum absolute atomic E-state index is 0.0778. The van der Waals surface area contributed by atoms with Crippen molar-refractivity contribution in [3.63, 3.8) is 0 Å². The van der Waals surface area contributed by atoms with E-state index in [1.165, 1.54) is 0 Å². The highest BCUT2D eigenvalue weighted by atomic mass is 16.1. The van der Waals surface area contributed by atoms with E-state index in [2.05, 4.69) is 15.6 Å². The summed E-state index contributed by atoms with van der Waals surface area (Å²) >= 11 is 0. The first-order valence-corrected chi connectivity index (χ1v) is 6.54. The third-order valence-corrected chi connectivity index (χ3v) is 3.42. The summed E-state index contributed by atoms with van der Waals surface area (Å²) in [5.41, 5.74) is 10.4. The van der Waals surface area contributed by atoms with Crippen LogP contribution in [0.25, 0.3) is 0 Å². The molecular formula is C15H16N4O. The number of carbonyl (C=O) groups excluding carboxylic acids is 1. The van der Waals surface area contributed by atoms with Crippen LogP contribution in [0.1, 0.15) is 17.5 Å². The van der Waals surface area contributed by atoms with Gasteiger partial charge in [0.1, 0.15) is 5.82 Å². The summed E-state index contributed by atoms with van der Waals surface area (Å²) in [4.78, 5) is 15.6. The molecule has 0 radical (unpaired) electrons. The van der Waals surface area contributed by atoms with Gasteiger partial charge in [-0.1, -0.05) is 0 Å². The van der Waals surface area contributed by atoms with Crippen LogP contribution in [0.3, 0.4) is 0 Å². The lowest BCUT2D eigenvalue weighted by atomic mass is 10.0. The van der Waals surface area contributed by atoms with E-state index in [0.717, 1.165) is 34.7 Å². The zero-order chi connectivity index (χ0) is 14.1. The van der Waals surface area contributed by atoms with Crippen molar-refractivity contribution in [1.82, 2.24) is 4.98 Å². The van der Waals surface area contributed by atoms with Gasteiger partial charge in [0.2, 0.25) is 5.91 Å². The summed E-state index contributed by atoms with van der Waals surface area (Å²) in [7, 11) is 0. The highest BCUT2D eigenvalue weighted by Gasteiger charge is 2.14. The van der Waals surface area contributed by atoms with Crippen molar-refractivity contribution in [1.29, 1.82) is 0 Å². The first-order valence-electron chi connectivity index (χ1n) is 6.54.